The molecule has 0 aliphatic carbocycles. The number of nitrogens with zero attached hydrogens (tertiary/aromatic N) is 1. The summed E-state index contributed by atoms with van der Waals surface area (Å²) < 4.78 is 10.9. The Morgan fingerprint density at radius 2 is 2.15 bits per heavy atom. The Labute approximate surface area is 118 Å². The summed E-state index contributed by atoms with van der Waals surface area (Å²) in [5, 5.41) is 3.54. The standard InChI is InChI=1S/C16H18N2O2/c1-19-12-8-14-13(15(9-12)20-2)5-7-18-16(14)11-4-3-6-17-10-11/h3-4,6,8-10,16,18H,5,7H2,1-2H3. The number of pyridine rings is 1. The van der Waals surface area contributed by atoms with Crippen LogP contribution in [0, 0.1) is 0 Å². The minimum Gasteiger partial charge on any atom is -0.497 e. The molecule has 1 atom stereocenters. The molecule has 0 amide bonds. The Bertz CT molecular complexity index is 599. The number of hydrogen-bond donors (Lipinski definition) is 1. The highest BCUT2D eigenvalue weighted by molar-refractivity contribution is 5.51. The van der Waals surface area contributed by atoms with Gasteiger partial charge < -0.3 is 14.8 Å². The molecular weight excluding hydrogens is 252 g/mol. The maximum atomic E-state index is 5.52. The lowest BCUT2D eigenvalue weighted by molar-refractivity contribution is 0.385. The molecule has 2 aromatic rings. The largest absolute Gasteiger partial charge is 0.497 e. The van der Waals surface area contributed by atoms with Gasteiger partial charge in [0.1, 0.15) is 11.5 Å². The number of benzene rings is 1. The predicted octanol–water partition coefficient (Wildman–Crippen LogP) is 2.33. The molecule has 1 aromatic heterocycles. The number of aromatic nitrogens is 1. The van der Waals surface area contributed by atoms with E-state index in [4.69, 9.17) is 9.47 Å². The highest BCUT2D eigenvalue weighted by Crippen LogP contribution is 2.37. The second-order valence-corrected chi connectivity index (χ2v) is 4.82. The number of nitrogens with one attached hydrogen (secondary N) is 1. The molecule has 4 nitrogen and oxygen atoms in total. The topological polar surface area (TPSA) is 43.4 Å². The summed E-state index contributed by atoms with van der Waals surface area (Å²) in [4.78, 5) is 4.22. The molecule has 0 radical (unpaired) electrons. The molecular formula is C16H18N2O2. The van der Waals surface area contributed by atoms with Crippen molar-refractivity contribution in [3.8, 4) is 11.5 Å². The first-order chi connectivity index (χ1) is 9.83. The first kappa shape index (κ1) is 12.9. The lowest BCUT2D eigenvalue weighted by Crippen LogP contribution is -2.31. The molecule has 0 spiro atoms. The van der Waals surface area contributed by atoms with Crippen molar-refractivity contribution in [2.24, 2.45) is 0 Å². The van der Waals surface area contributed by atoms with Crippen LogP contribution in [0.1, 0.15) is 22.7 Å². The fraction of sp³-hybridized carbons (Fsp3) is 0.312. The molecule has 1 aromatic carbocycles. The molecule has 0 saturated carbocycles. The third kappa shape index (κ3) is 2.23. The predicted molar refractivity (Wildman–Crippen MR) is 77.3 cm³/mol. The van der Waals surface area contributed by atoms with Crippen LogP contribution in [0.5, 0.6) is 11.5 Å². The molecule has 1 aliphatic heterocycles. The lowest BCUT2D eigenvalue weighted by atomic mass is 9.89. The summed E-state index contributed by atoms with van der Waals surface area (Å²) in [7, 11) is 3.38. The van der Waals surface area contributed by atoms with E-state index in [1.807, 2.05) is 18.3 Å². The highest BCUT2D eigenvalue weighted by atomic mass is 16.5. The van der Waals surface area contributed by atoms with Gasteiger partial charge in [-0.05, 0) is 29.7 Å². The van der Waals surface area contributed by atoms with E-state index in [2.05, 4.69) is 22.4 Å². The average molecular weight is 270 g/mol. The van der Waals surface area contributed by atoms with Crippen LogP contribution in [0.4, 0.5) is 0 Å². The molecule has 3 rings (SSSR count). The first-order valence-electron chi connectivity index (χ1n) is 6.71. The minimum atomic E-state index is 0.136. The van der Waals surface area contributed by atoms with E-state index in [9.17, 15) is 0 Å². The summed E-state index contributed by atoms with van der Waals surface area (Å²) in [5.74, 6) is 1.72. The van der Waals surface area contributed by atoms with Gasteiger partial charge in [-0.1, -0.05) is 6.07 Å². The van der Waals surface area contributed by atoms with Gasteiger partial charge >= 0.3 is 0 Å². The number of ether oxygens (including phenoxy) is 2. The monoisotopic (exact) mass is 270 g/mol. The van der Waals surface area contributed by atoms with E-state index >= 15 is 0 Å². The molecule has 2 heterocycles. The molecule has 0 saturated heterocycles. The van der Waals surface area contributed by atoms with Crippen LogP contribution in [0.15, 0.2) is 36.7 Å². The van der Waals surface area contributed by atoms with Crippen molar-refractivity contribution in [1.82, 2.24) is 10.3 Å². The van der Waals surface area contributed by atoms with Crippen molar-refractivity contribution < 1.29 is 9.47 Å². The third-order valence-electron chi connectivity index (χ3n) is 3.72. The van der Waals surface area contributed by atoms with Gasteiger partial charge in [-0.25, -0.2) is 0 Å². The normalized spacial score (nSPS) is 17.4. The van der Waals surface area contributed by atoms with E-state index in [1.165, 1.54) is 11.1 Å². The first-order valence-corrected chi connectivity index (χ1v) is 6.71. The number of rotatable bonds is 3. The van der Waals surface area contributed by atoms with Crippen molar-refractivity contribution in [3.63, 3.8) is 0 Å². The molecule has 1 unspecified atom stereocenters. The summed E-state index contributed by atoms with van der Waals surface area (Å²) in [6.45, 7) is 0.926. The van der Waals surface area contributed by atoms with E-state index in [0.29, 0.717) is 0 Å². The second kappa shape index (κ2) is 5.51. The van der Waals surface area contributed by atoms with Crippen molar-refractivity contribution in [3.05, 3.63) is 53.3 Å². The summed E-state index contributed by atoms with van der Waals surface area (Å²) in [6.07, 6.45) is 4.65. The molecule has 104 valence electrons. The van der Waals surface area contributed by atoms with Gasteiger partial charge in [0.2, 0.25) is 0 Å². The van der Waals surface area contributed by atoms with Crippen LogP contribution in [0.2, 0.25) is 0 Å². The molecule has 1 N–H and O–H groups in total. The van der Waals surface area contributed by atoms with Gasteiger partial charge in [-0.15, -0.1) is 0 Å². The number of hydrogen-bond acceptors (Lipinski definition) is 4. The van der Waals surface area contributed by atoms with Crippen molar-refractivity contribution in [2.45, 2.75) is 12.5 Å². The Hall–Kier alpha value is -2.07. The van der Waals surface area contributed by atoms with Crippen LogP contribution in [0.25, 0.3) is 0 Å². The minimum absolute atomic E-state index is 0.136. The van der Waals surface area contributed by atoms with Crippen LogP contribution >= 0.6 is 0 Å². The van der Waals surface area contributed by atoms with E-state index < -0.39 is 0 Å². The zero-order valence-corrected chi connectivity index (χ0v) is 11.7. The lowest BCUT2D eigenvalue weighted by Gasteiger charge is -2.29. The van der Waals surface area contributed by atoms with Gasteiger partial charge in [0.25, 0.3) is 0 Å². The van der Waals surface area contributed by atoms with Gasteiger partial charge in [0.15, 0.2) is 0 Å². The molecule has 0 bridgehead atoms. The quantitative estimate of drug-likeness (QED) is 0.929. The van der Waals surface area contributed by atoms with E-state index in [1.54, 1.807) is 20.4 Å². The van der Waals surface area contributed by atoms with Crippen molar-refractivity contribution in [2.75, 3.05) is 20.8 Å². The SMILES string of the molecule is COc1cc(OC)c2c(c1)C(c1cccnc1)NCC2. The van der Waals surface area contributed by atoms with Gasteiger partial charge in [0, 0.05) is 30.6 Å². The zero-order chi connectivity index (χ0) is 13.9. The van der Waals surface area contributed by atoms with Crippen LogP contribution in [0.3, 0.4) is 0 Å². The average Bonchev–Trinajstić information content (AvgIpc) is 2.54. The Balaban J connectivity index is 2.12. The highest BCUT2D eigenvalue weighted by Gasteiger charge is 2.25. The number of methoxy groups -OCH3 is 2. The summed E-state index contributed by atoms with van der Waals surface area (Å²) >= 11 is 0. The molecule has 20 heavy (non-hydrogen) atoms. The van der Waals surface area contributed by atoms with Gasteiger partial charge in [0.05, 0.1) is 20.3 Å². The van der Waals surface area contributed by atoms with Gasteiger partial charge in [-0.3, -0.25) is 4.98 Å². The Morgan fingerprint density at radius 3 is 2.85 bits per heavy atom. The second-order valence-electron chi connectivity index (χ2n) is 4.82. The van der Waals surface area contributed by atoms with Crippen molar-refractivity contribution in [1.29, 1.82) is 0 Å². The third-order valence-corrected chi connectivity index (χ3v) is 3.72. The maximum absolute atomic E-state index is 5.52. The Kier molecular flexibility index (Phi) is 3.56. The fourth-order valence-corrected chi connectivity index (χ4v) is 2.76. The fourth-order valence-electron chi connectivity index (χ4n) is 2.76. The van der Waals surface area contributed by atoms with Crippen LogP contribution in [-0.4, -0.2) is 25.7 Å². The summed E-state index contributed by atoms with van der Waals surface area (Å²) in [5.41, 5.74) is 3.62. The van der Waals surface area contributed by atoms with Crippen LogP contribution in [-0.2, 0) is 6.42 Å². The Morgan fingerprint density at radius 1 is 1.25 bits per heavy atom. The molecule has 4 heteroatoms. The number of fused-ring (bicyclic) bond motifs is 1. The van der Waals surface area contributed by atoms with E-state index in [-0.39, 0.29) is 6.04 Å². The van der Waals surface area contributed by atoms with Crippen LogP contribution < -0.4 is 14.8 Å². The molecule has 0 fully saturated rings. The smallest absolute Gasteiger partial charge is 0.126 e. The molecule has 1 aliphatic rings. The summed E-state index contributed by atoms with van der Waals surface area (Å²) in [6, 6.07) is 8.22. The van der Waals surface area contributed by atoms with Crippen molar-refractivity contribution >= 4 is 0 Å². The van der Waals surface area contributed by atoms with E-state index in [0.717, 1.165) is 30.0 Å². The van der Waals surface area contributed by atoms with Gasteiger partial charge in [-0.2, -0.15) is 0 Å². The zero-order valence-electron chi connectivity index (χ0n) is 11.7. The maximum Gasteiger partial charge on any atom is 0.126 e.